The van der Waals surface area contributed by atoms with Crippen molar-refractivity contribution in [3.63, 3.8) is 0 Å². The Morgan fingerprint density at radius 1 is 1.32 bits per heavy atom. The molecule has 0 unspecified atom stereocenters. The average molecular weight is 262 g/mol. The second kappa shape index (κ2) is 6.27. The molecular formula is C15H22N2O2. The van der Waals surface area contributed by atoms with Crippen LogP contribution < -0.4 is 10.1 Å². The number of nitrogens with one attached hydrogen (secondary N) is 1. The van der Waals surface area contributed by atoms with E-state index in [-0.39, 0.29) is 5.91 Å². The van der Waals surface area contributed by atoms with Crippen molar-refractivity contribution in [2.24, 2.45) is 7.05 Å². The molecule has 19 heavy (non-hydrogen) atoms. The van der Waals surface area contributed by atoms with Crippen LogP contribution in [0.15, 0.2) is 18.3 Å². The van der Waals surface area contributed by atoms with Gasteiger partial charge in [0.25, 0.3) is 5.91 Å². The Hall–Kier alpha value is -1.97. The largest absolute Gasteiger partial charge is 0.495 e. The van der Waals surface area contributed by atoms with E-state index < -0.39 is 0 Å². The maximum Gasteiger partial charge on any atom is 0.253 e. The number of methoxy groups -OCH3 is 1. The van der Waals surface area contributed by atoms with Crippen LogP contribution in [0.25, 0.3) is 10.9 Å². The Bertz CT molecular complexity index is 585. The average Bonchev–Trinajstić information content (AvgIpc) is 2.76. The third-order valence-corrected chi connectivity index (χ3v) is 2.88. The fourth-order valence-corrected chi connectivity index (χ4v) is 2.11. The topological polar surface area (TPSA) is 43.3 Å². The van der Waals surface area contributed by atoms with Crippen LogP contribution in [0, 0.1) is 6.92 Å². The zero-order valence-electron chi connectivity index (χ0n) is 12.5. The van der Waals surface area contributed by atoms with Gasteiger partial charge in [-0.25, -0.2) is 0 Å². The number of benzene rings is 1. The van der Waals surface area contributed by atoms with Gasteiger partial charge in [-0.3, -0.25) is 4.79 Å². The van der Waals surface area contributed by atoms with Crippen molar-refractivity contribution in [1.82, 2.24) is 9.88 Å². The first-order valence-electron chi connectivity index (χ1n) is 6.44. The van der Waals surface area contributed by atoms with E-state index in [4.69, 9.17) is 4.74 Å². The van der Waals surface area contributed by atoms with Crippen molar-refractivity contribution >= 4 is 16.8 Å². The van der Waals surface area contributed by atoms with Crippen LogP contribution in [0.4, 0.5) is 0 Å². The number of rotatable bonds is 2. The first-order chi connectivity index (χ1) is 9.08. The molecule has 1 aromatic carbocycles. The van der Waals surface area contributed by atoms with E-state index >= 15 is 0 Å². The Morgan fingerprint density at radius 2 is 1.95 bits per heavy atom. The van der Waals surface area contributed by atoms with Gasteiger partial charge in [-0.05, 0) is 24.6 Å². The minimum absolute atomic E-state index is 0.0803. The van der Waals surface area contributed by atoms with Crippen molar-refractivity contribution in [2.75, 3.05) is 14.2 Å². The molecule has 1 amide bonds. The van der Waals surface area contributed by atoms with E-state index in [1.807, 2.05) is 50.7 Å². The predicted octanol–water partition coefficient (Wildman–Crippen LogP) is 2.88. The molecule has 2 aromatic rings. The van der Waals surface area contributed by atoms with Crippen molar-refractivity contribution in [1.29, 1.82) is 0 Å². The molecule has 0 aliphatic heterocycles. The summed E-state index contributed by atoms with van der Waals surface area (Å²) in [6.45, 7) is 5.99. The highest BCUT2D eigenvalue weighted by Crippen LogP contribution is 2.30. The Morgan fingerprint density at radius 3 is 2.47 bits per heavy atom. The molecule has 0 spiro atoms. The molecule has 0 bridgehead atoms. The van der Waals surface area contributed by atoms with Crippen molar-refractivity contribution in [2.45, 2.75) is 20.8 Å². The number of fused-ring (bicyclic) bond motifs is 1. The number of hydrogen-bond acceptors (Lipinski definition) is 2. The summed E-state index contributed by atoms with van der Waals surface area (Å²) >= 11 is 0. The van der Waals surface area contributed by atoms with Gasteiger partial charge in [0, 0.05) is 25.7 Å². The molecular weight excluding hydrogens is 240 g/mol. The number of hydrogen-bond donors (Lipinski definition) is 1. The molecule has 0 fully saturated rings. The van der Waals surface area contributed by atoms with Gasteiger partial charge in [-0.2, -0.15) is 0 Å². The monoisotopic (exact) mass is 262 g/mol. The van der Waals surface area contributed by atoms with Gasteiger partial charge in [0.05, 0.1) is 18.2 Å². The van der Waals surface area contributed by atoms with Crippen LogP contribution in [0.1, 0.15) is 29.8 Å². The van der Waals surface area contributed by atoms with Crippen molar-refractivity contribution < 1.29 is 9.53 Å². The number of aryl methyl sites for hydroxylation is 2. The molecule has 1 heterocycles. The maximum absolute atomic E-state index is 11.8. The number of ether oxygens (including phenoxy) is 1. The van der Waals surface area contributed by atoms with E-state index in [1.165, 1.54) is 0 Å². The zero-order chi connectivity index (χ0) is 14.6. The van der Waals surface area contributed by atoms with Gasteiger partial charge in [0.1, 0.15) is 5.75 Å². The normalized spacial score (nSPS) is 9.79. The highest BCUT2D eigenvalue weighted by molar-refractivity contribution is 6.08. The smallest absolute Gasteiger partial charge is 0.253 e. The summed E-state index contributed by atoms with van der Waals surface area (Å²) in [7, 11) is 5.18. The zero-order valence-corrected chi connectivity index (χ0v) is 12.5. The van der Waals surface area contributed by atoms with E-state index in [0.717, 1.165) is 22.2 Å². The lowest BCUT2D eigenvalue weighted by Crippen LogP contribution is -2.17. The summed E-state index contributed by atoms with van der Waals surface area (Å²) in [4.78, 5) is 11.8. The fourth-order valence-electron chi connectivity index (χ4n) is 2.11. The van der Waals surface area contributed by atoms with Crippen LogP contribution in [-0.4, -0.2) is 24.6 Å². The molecule has 0 radical (unpaired) electrons. The van der Waals surface area contributed by atoms with Crippen LogP contribution in [0.3, 0.4) is 0 Å². The Labute approximate surface area is 114 Å². The molecule has 104 valence electrons. The third-order valence-electron chi connectivity index (χ3n) is 2.88. The highest BCUT2D eigenvalue weighted by Gasteiger charge is 2.16. The maximum atomic E-state index is 11.8. The molecule has 0 atom stereocenters. The molecule has 2 rings (SSSR count). The van der Waals surface area contributed by atoms with Gasteiger partial charge in [0.2, 0.25) is 0 Å². The van der Waals surface area contributed by atoms with Crippen molar-refractivity contribution in [3.05, 3.63) is 29.5 Å². The van der Waals surface area contributed by atoms with Gasteiger partial charge in [0.15, 0.2) is 0 Å². The van der Waals surface area contributed by atoms with Gasteiger partial charge in [-0.15, -0.1) is 0 Å². The van der Waals surface area contributed by atoms with E-state index in [0.29, 0.717) is 5.56 Å². The lowest BCUT2D eigenvalue weighted by atomic mass is 10.1. The second-order valence-corrected chi connectivity index (χ2v) is 4.10. The molecule has 0 saturated carbocycles. The quantitative estimate of drug-likeness (QED) is 0.904. The van der Waals surface area contributed by atoms with Gasteiger partial charge in [-0.1, -0.05) is 13.8 Å². The number of nitrogens with zero attached hydrogens (tertiary/aromatic N) is 1. The summed E-state index contributed by atoms with van der Waals surface area (Å²) in [5.41, 5.74) is 2.69. The number of carbonyl (C=O) groups is 1. The molecule has 1 aromatic heterocycles. The predicted molar refractivity (Wildman–Crippen MR) is 78.9 cm³/mol. The first-order valence-corrected chi connectivity index (χ1v) is 6.44. The summed E-state index contributed by atoms with van der Waals surface area (Å²) < 4.78 is 7.28. The Kier molecular flexibility index (Phi) is 4.98. The summed E-state index contributed by atoms with van der Waals surface area (Å²) in [5, 5.41) is 3.57. The summed E-state index contributed by atoms with van der Waals surface area (Å²) in [5.74, 6) is 0.709. The van der Waals surface area contributed by atoms with Crippen LogP contribution in [0.2, 0.25) is 0 Å². The summed E-state index contributed by atoms with van der Waals surface area (Å²) in [6.07, 6.45) is 1.82. The van der Waals surface area contributed by atoms with Crippen LogP contribution in [0.5, 0.6) is 5.75 Å². The first kappa shape index (κ1) is 15.1. The van der Waals surface area contributed by atoms with E-state index in [9.17, 15) is 4.79 Å². The second-order valence-electron chi connectivity index (χ2n) is 4.10. The molecule has 1 N–H and O–H groups in total. The Balaban J connectivity index is 0.000000861. The summed E-state index contributed by atoms with van der Waals surface area (Å²) in [6, 6.07) is 3.97. The fraction of sp³-hybridized carbons (Fsp3) is 0.400. The third kappa shape index (κ3) is 2.72. The van der Waals surface area contributed by atoms with E-state index in [2.05, 4.69) is 5.32 Å². The highest BCUT2D eigenvalue weighted by atomic mass is 16.5. The molecule has 0 aliphatic carbocycles. The van der Waals surface area contributed by atoms with E-state index in [1.54, 1.807) is 14.2 Å². The standard InChI is InChI=1S/C13H16N2O2.C2H6/c1-8-5-9-10(13(16)14-2)7-15(3)12(9)11(6-8)17-4;1-2/h5-7H,1-4H3,(H,14,16);1-2H3. The minimum Gasteiger partial charge on any atom is -0.495 e. The lowest BCUT2D eigenvalue weighted by Gasteiger charge is -2.06. The molecule has 0 aliphatic rings. The molecule has 0 saturated heterocycles. The molecule has 4 heteroatoms. The van der Waals surface area contributed by atoms with Crippen LogP contribution >= 0.6 is 0 Å². The van der Waals surface area contributed by atoms with Crippen molar-refractivity contribution in [3.8, 4) is 5.75 Å². The lowest BCUT2D eigenvalue weighted by molar-refractivity contribution is 0.0964. The molecule has 4 nitrogen and oxygen atoms in total. The van der Waals surface area contributed by atoms with Gasteiger partial charge < -0.3 is 14.6 Å². The number of aromatic nitrogens is 1. The van der Waals surface area contributed by atoms with Gasteiger partial charge >= 0.3 is 0 Å². The number of carbonyl (C=O) groups excluding carboxylic acids is 1. The minimum atomic E-state index is -0.0803. The number of amides is 1. The SMILES string of the molecule is CC.CNC(=O)c1cn(C)c2c(OC)cc(C)cc12. The van der Waals surface area contributed by atoms with Crippen LogP contribution in [-0.2, 0) is 7.05 Å².